The summed E-state index contributed by atoms with van der Waals surface area (Å²) in [6.45, 7) is 7.90. The maximum atomic E-state index is 12.4. The molecule has 2 fully saturated rings. The van der Waals surface area contributed by atoms with Gasteiger partial charge in [-0.15, -0.1) is 0 Å². The first-order chi connectivity index (χ1) is 14.2. The molecule has 0 saturated carbocycles. The molecular formula is C24H25N3O2. The fourth-order valence-corrected chi connectivity index (χ4v) is 4.46. The molecule has 1 N–H and O–H groups in total. The summed E-state index contributed by atoms with van der Waals surface area (Å²) in [7, 11) is 0. The molecule has 0 radical (unpaired) electrons. The van der Waals surface area contributed by atoms with Crippen molar-refractivity contribution in [2.24, 2.45) is 0 Å². The Hall–Kier alpha value is -3.05. The van der Waals surface area contributed by atoms with Crippen molar-refractivity contribution in [2.45, 2.75) is 19.0 Å². The number of rotatable bonds is 4. The van der Waals surface area contributed by atoms with E-state index in [1.165, 1.54) is 16.5 Å². The van der Waals surface area contributed by atoms with Gasteiger partial charge in [-0.3, -0.25) is 9.69 Å². The van der Waals surface area contributed by atoms with Crippen LogP contribution in [0.5, 0.6) is 0 Å². The molecule has 2 aromatic carbocycles. The summed E-state index contributed by atoms with van der Waals surface area (Å²) >= 11 is 0. The Balaban J connectivity index is 1.43. The number of hydrogen-bond acceptors (Lipinski definition) is 4. The molecule has 1 amide bonds. The first-order valence-electron chi connectivity index (χ1n) is 10.2. The van der Waals surface area contributed by atoms with Crippen LogP contribution in [0, 0.1) is 0 Å². The van der Waals surface area contributed by atoms with Gasteiger partial charge < -0.3 is 14.6 Å². The number of furan rings is 1. The van der Waals surface area contributed by atoms with E-state index in [0.29, 0.717) is 13.1 Å². The van der Waals surface area contributed by atoms with Crippen molar-refractivity contribution >= 4 is 16.9 Å². The second-order valence-electron chi connectivity index (χ2n) is 7.89. The molecule has 1 unspecified atom stereocenters. The molecule has 148 valence electrons. The second-order valence-corrected chi connectivity index (χ2v) is 7.89. The van der Waals surface area contributed by atoms with E-state index in [0.717, 1.165) is 43.1 Å². The Morgan fingerprint density at radius 1 is 1.07 bits per heavy atom. The average molecular weight is 387 g/mol. The third-order valence-corrected chi connectivity index (χ3v) is 6.01. The van der Waals surface area contributed by atoms with E-state index in [9.17, 15) is 4.79 Å². The molecule has 3 aromatic rings. The molecular weight excluding hydrogens is 362 g/mol. The number of piperazine rings is 2. The lowest BCUT2D eigenvalue weighted by Gasteiger charge is -2.45. The number of carbonyl (C=O) groups excluding carboxylic acids is 1. The van der Waals surface area contributed by atoms with Gasteiger partial charge in [-0.2, -0.15) is 0 Å². The van der Waals surface area contributed by atoms with Crippen LogP contribution >= 0.6 is 0 Å². The highest BCUT2D eigenvalue weighted by Gasteiger charge is 2.36. The monoisotopic (exact) mass is 387 g/mol. The van der Waals surface area contributed by atoms with E-state index < -0.39 is 0 Å². The van der Waals surface area contributed by atoms with Crippen LogP contribution in [-0.2, 0) is 17.8 Å². The molecule has 5 heteroatoms. The molecule has 0 aliphatic carbocycles. The lowest BCUT2D eigenvalue weighted by molar-refractivity contribution is -0.130. The van der Waals surface area contributed by atoms with Gasteiger partial charge in [0, 0.05) is 49.2 Å². The van der Waals surface area contributed by atoms with Gasteiger partial charge in [0.05, 0.1) is 6.54 Å². The number of fused-ring (bicyclic) bond motifs is 2. The average Bonchev–Trinajstić information content (AvgIpc) is 3.09. The predicted molar refractivity (Wildman–Crippen MR) is 113 cm³/mol. The summed E-state index contributed by atoms with van der Waals surface area (Å²) in [5.41, 5.74) is 4.40. The summed E-state index contributed by atoms with van der Waals surface area (Å²) in [5, 5.41) is 4.12. The molecule has 2 aliphatic heterocycles. The zero-order chi connectivity index (χ0) is 19.8. The van der Waals surface area contributed by atoms with Crippen molar-refractivity contribution in [3.63, 3.8) is 0 Å². The molecule has 1 atom stereocenters. The Kier molecular flexibility index (Phi) is 4.60. The number of nitrogens with zero attached hydrogens (tertiary/aromatic N) is 2. The standard InChI is InChI=1S/C24H25N3O2/c1-17-14-25-24(28)21-16-26(11-12-27(17)21)15-20-19-9-5-6-10-22(19)29-23(20)13-18-7-3-2-4-8-18/h2-10,21H,1,11-16H2,(H,25,28). The number of benzene rings is 2. The Labute approximate surface area is 170 Å². The molecule has 0 bridgehead atoms. The highest BCUT2D eigenvalue weighted by molar-refractivity contribution is 5.84. The molecule has 0 spiro atoms. The van der Waals surface area contributed by atoms with Gasteiger partial charge in [-0.25, -0.2) is 0 Å². The van der Waals surface area contributed by atoms with E-state index in [2.05, 4.69) is 58.1 Å². The van der Waals surface area contributed by atoms with Crippen LogP contribution in [0.3, 0.4) is 0 Å². The second kappa shape index (κ2) is 7.41. The summed E-state index contributed by atoms with van der Waals surface area (Å²) in [6.07, 6.45) is 0.769. The van der Waals surface area contributed by atoms with Crippen LogP contribution < -0.4 is 5.32 Å². The zero-order valence-electron chi connectivity index (χ0n) is 16.4. The number of nitrogens with one attached hydrogen (secondary N) is 1. The van der Waals surface area contributed by atoms with Crippen LogP contribution in [0.1, 0.15) is 16.9 Å². The van der Waals surface area contributed by atoms with Crippen LogP contribution in [0.25, 0.3) is 11.0 Å². The minimum Gasteiger partial charge on any atom is -0.460 e. The number of carbonyl (C=O) groups is 1. The quantitative estimate of drug-likeness (QED) is 0.747. The van der Waals surface area contributed by atoms with Gasteiger partial charge >= 0.3 is 0 Å². The lowest BCUT2D eigenvalue weighted by atomic mass is 10.0. The van der Waals surface area contributed by atoms with Gasteiger partial charge in [0.25, 0.3) is 0 Å². The van der Waals surface area contributed by atoms with E-state index in [-0.39, 0.29) is 11.9 Å². The van der Waals surface area contributed by atoms with Crippen LogP contribution in [0.2, 0.25) is 0 Å². The van der Waals surface area contributed by atoms with Gasteiger partial charge in [-0.1, -0.05) is 55.1 Å². The van der Waals surface area contributed by atoms with Crippen molar-refractivity contribution in [3.05, 3.63) is 83.8 Å². The number of amides is 1. The van der Waals surface area contributed by atoms with E-state index >= 15 is 0 Å². The Morgan fingerprint density at radius 3 is 2.72 bits per heavy atom. The molecule has 2 saturated heterocycles. The lowest BCUT2D eigenvalue weighted by Crippen LogP contribution is -2.62. The largest absolute Gasteiger partial charge is 0.460 e. The molecule has 5 rings (SSSR count). The molecule has 3 heterocycles. The molecule has 2 aliphatic rings. The van der Waals surface area contributed by atoms with Gasteiger partial charge in [0.15, 0.2) is 0 Å². The third-order valence-electron chi connectivity index (χ3n) is 6.01. The highest BCUT2D eigenvalue weighted by atomic mass is 16.3. The maximum Gasteiger partial charge on any atom is 0.244 e. The van der Waals surface area contributed by atoms with E-state index in [1.54, 1.807) is 0 Å². The third kappa shape index (κ3) is 3.42. The van der Waals surface area contributed by atoms with E-state index in [4.69, 9.17) is 4.42 Å². The Morgan fingerprint density at radius 2 is 1.86 bits per heavy atom. The zero-order valence-corrected chi connectivity index (χ0v) is 16.4. The summed E-state index contributed by atoms with van der Waals surface area (Å²) in [5.74, 6) is 1.11. The molecule has 29 heavy (non-hydrogen) atoms. The fourth-order valence-electron chi connectivity index (χ4n) is 4.46. The molecule has 5 nitrogen and oxygen atoms in total. The summed E-state index contributed by atoms with van der Waals surface area (Å²) in [4.78, 5) is 16.9. The molecule has 1 aromatic heterocycles. The Bertz CT molecular complexity index is 1060. The SMILES string of the molecule is C=C1CNC(=O)C2CN(Cc3c(Cc4ccccc4)oc4ccccc34)CCN12. The highest BCUT2D eigenvalue weighted by Crippen LogP contribution is 2.30. The van der Waals surface area contributed by atoms with Crippen LogP contribution in [-0.4, -0.2) is 47.9 Å². The number of hydrogen-bond donors (Lipinski definition) is 1. The van der Waals surface area contributed by atoms with Crippen LogP contribution in [0.4, 0.5) is 0 Å². The minimum atomic E-state index is -0.152. The first kappa shape index (κ1) is 18.0. The van der Waals surface area contributed by atoms with Crippen molar-refractivity contribution in [1.29, 1.82) is 0 Å². The van der Waals surface area contributed by atoms with Gasteiger partial charge in [0.2, 0.25) is 5.91 Å². The van der Waals surface area contributed by atoms with Gasteiger partial charge in [0.1, 0.15) is 17.4 Å². The summed E-state index contributed by atoms with van der Waals surface area (Å²) < 4.78 is 6.26. The predicted octanol–water partition coefficient (Wildman–Crippen LogP) is 3.15. The van der Waals surface area contributed by atoms with E-state index in [1.807, 2.05) is 18.2 Å². The van der Waals surface area contributed by atoms with Crippen LogP contribution in [0.15, 0.2) is 71.3 Å². The fraction of sp³-hybridized carbons (Fsp3) is 0.292. The first-order valence-corrected chi connectivity index (χ1v) is 10.2. The minimum absolute atomic E-state index is 0.101. The summed E-state index contributed by atoms with van der Waals surface area (Å²) in [6, 6.07) is 18.5. The maximum absolute atomic E-state index is 12.4. The smallest absolute Gasteiger partial charge is 0.244 e. The van der Waals surface area contributed by atoms with Crippen molar-refractivity contribution in [1.82, 2.24) is 15.1 Å². The van der Waals surface area contributed by atoms with Crippen molar-refractivity contribution < 1.29 is 9.21 Å². The van der Waals surface area contributed by atoms with Crippen molar-refractivity contribution in [3.8, 4) is 0 Å². The normalized spacial score (nSPS) is 20.0. The van der Waals surface area contributed by atoms with Crippen molar-refractivity contribution in [2.75, 3.05) is 26.2 Å². The number of para-hydroxylation sites is 1. The topological polar surface area (TPSA) is 48.7 Å². The van der Waals surface area contributed by atoms with Gasteiger partial charge in [-0.05, 0) is 11.6 Å².